The van der Waals surface area contributed by atoms with Gasteiger partial charge in [-0.2, -0.15) is 0 Å². The maximum Gasteiger partial charge on any atom is 0.328 e. The van der Waals surface area contributed by atoms with Crippen LogP contribution in [0.4, 0.5) is 0 Å². The molecular weight excluding hydrogens is 203 g/mol. The number of carboxylic acids is 1. The Balaban J connectivity index is 2.98. The van der Waals surface area contributed by atoms with E-state index in [0.29, 0.717) is 6.08 Å². The zero-order chi connectivity index (χ0) is 10.6. The average Bonchev–Trinajstić information content (AvgIpc) is 2.16. The lowest BCUT2D eigenvalue weighted by Gasteiger charge is -2.04. The molecule has 0 aliphatic rings. The van der Waals surface area contributed by atoms with E-state index in [2.05, 4.69) is 0 Å². The van der Waals surface area contributed by atoms with Crippen molar-refractivity contribution in [2.75, 3.05) is 0 Å². The van der Waals surface area contributed by atoms with Gasteiger partial charge in [0.15, 0.2) is 0 Å². The minimum atomic E-state index is -3.66. The summed E-state index contributed by atoms with van der Waals surface area (Å²) in [5.41, 5.74) is 0. The molecule has 0 heterocycles. The van der Waals surface area contributed by atoms with Crippen molar-refractivity contribution in [1.82, 2.24) is 0 Å². The smallest absolute Gasteiger partial charge is 0.328 e. The number of benzene rings is 1. The number of rotatable bonds is 3. The predicted molar refractivity (Wildman–Crippen MR) is 52.7 cm³/mol. The highest BCUT2D eigenvalue weighted by molar-refractivity contribution is 7.69. The summed E-state index contributed by atoms with van der Waals surface area (Å²) in [5.74, 6) is -0.430. The fourth-order valence-corrected chi connectivity index (χ4v) is 1.99. The van der Waals surface area contributed by atoms with E-state index in [4.69, 9.17) is 5.11 Å². The molecule has 0 aromatic heterocycles. The quantitative estimate of drug-likeness (QED) is 0.582. The van der Waals surface area contributed by atoms with Crippen molar-refractivity contribution in [3.63, 3.8) is 0 Å². The van der Waals surface area contributed by atoms with Gasteiger partial charge in [-0.25, -0.2) is 4.79 Å². The number of carbonyl (C=O) groups is 1. The van der Waals surface area contributed by atoms with Gasteiger partial charge in [0.1, 0.15) is 0 Å². The summed E-state index contributed by atoms with van der Waals surface area (Å²) in [6.45, 7) is 0. The number of carboxylic acid groups (broad SMARTS) is 1. The predicted octanol–water partition coefficient (Wildman–Crippen LogP) is 1.18. The van der Waals surface area contributed by atoms with Crippen LogP contribution in [0.5, 0.6) is 0 Å². The summed E-state index contributed by atoms with van der Waals surface area (Å²) < 4.78 is 11.5. The van der Waals surface area contributed by atoms with Gasteiger partial charge in [0.25, 0.3) is 7.37 Å². The Morgan fingerprint density at radius 1 is 1.29 bits per heavy atom. The molecule has 0 bridgehead atoms. The molecule has 0 amide bonds. The van der Waals surface area contributed by atoms with Gasteiger partial charge in [0.05, 0.1) is 0 Å². The van der Waals surface area contributed by atoms with Crippen LogP contribution in [0.15, 0.2) is 42.2 Å². The lowest BCUT2D eigenvalue weighted by atomic mass is 10.4. The highest BCUT2D eigenvalue weighted by Gasteiger charge is 2.16. The maximum atomic E-state index is 11.5. The molecular formula is C9H9O4P. The van der Waals surface area contributed by atoms with Crippen LogP contribution in [0.3, 0.4) is 0 Å². The van der Waals surface area contributed by atoms with Crippen LogP contribution in [0.2, 0.25) is 0 Å². The van der Waals surface area contributed by atoms with E-state index >= 15 is 0 Å². The standard InChI is InChI=1S/C9H9O4P/c10-9(11)6-7-14(12,13)8-4-2-1-3-5-8/h1-7H,(H,10,11)(H,12,13)/b7-6+. The van der Waals surface area contributed by atoms with E-state index in [0.717, 1.165) is 5.82 Å². The van der Waals surface area contributed by atoms with Crippen molar-refractivity contribution in [2.45, 2.75) is 0 Å². The zero-order valence-corrected chi connectivity index (χ0v) is 8.09. The first-order valence-corrected chi connectivity index (χ1v) is 5.55. The average molecular weight is 212 g/mol. The van der Waals surface area contributed by atoms with Gasteiger partial charge in [-0.05, 0) is 12.1 Å². The number of aliphatic carboxylic acids is 1. The molecule has 1 aromatic rings. The topological polar surface area (TPSA) is 74.6 Å². The molecule has 5 heteroatoms. The molecule has 1 aromatic carbocycles. The third-order valence-electron chi connectivity index (χ3n) is 1.55. The van der Waals surface area contributed by atoms with Crippen LogP contribution in [0.25, 0.3) is 0 Å². The van der Waals surface area contributed by atoms with Crippen LogP contribution in [-0.4, -0.2) is 16.0 Å². The second kappa shape index (κ2) is 4.22. The minimum Gasteiger partial charge on any atom is -0.478 e. The van der Waals surface area contributed by atoms with E-state index in [9.17, 15) is 14.3 Å². The van der Waals surface area contributed by atoms with E-state index in [-0.39, 0.29) is 5.30 Å². The van der Waals surface area contributed by atoms with Crippen molar-refractivity contribution in [1.29, 1.82) is 0 Å². The molecule has 0 spiro atoms. The van der Waals surface area contributed by atoms with E-state index < -0.39 is 13.3 Å². The normalized spacial score (nSPS) is 15.2. The third kappa shape index (κ3) is 2.83. The molecule has 0 fully saturated rings. The Labute approximate surface area is 81.0 Å². The van der Waals surface area contributed by atoms with E-state index in [1.165, 1.54) is 12.1 Å². The lowest BCUT2D eigenvalue weighted by Crippen LogP contribution is -2.01. The molecule has 0 aliphatic heterocycles. The summed E-state index contributed by atoms with van der Waals surface area (Å²) in [6, 6.07) is 7.91. The molecule has 74 valence electrons. The molecule has 0 saturated carbocycles. The largest absolute Gasteiger partial charge is 0.478 e. The van der Waals surface area contributed by atoms with Crippen molar-refractivity contribution < 1.29 is 19.4 Å². The third-order valence-corrected chi connectivity index (χ3v) is 3.14. The van der Waals surface area contributed by atoms with Gasteiger partial charge >= 0.3 is 5.97 Å². The molecule has 4 nitrogen and oxygen atoms in total. The number of hydrogen-bond acceptors (Lipinski definition) is 2. The molecule has 0 aliphatic carbocycles. The van der Waals surface area contributed by atoms with Gasteiger partial charge in [0, 0.05) is 17.2 Å². The van der Waals surface area contributed by atoms with Crippen LogP contribution < -0.4 is 5.30 Å². The first kappa shape index (κ1) is 10.7. The Kier molecular flexibility index (Phi) is 3.23. The van der Waals surface area contributed by atoms with Crippen molar-refractivity contribution in [3.05, 3.63) is 42.2 Å². The summed E-state index contributed by atoms with van der Waals surface area (Å²) >= 11 is 0. The van der Waals surface area contributed by atoms with E-state index in [1.807, 2.05) is 0 Å². The number of hydrogen-bond donors (Lipinski definition) is 2. The Morgan fingerprint density at radius 2 is 1.86 bits per heavy atom. The molecule has 0 saturated heterocycles. The second-order valence-corrected chi connectivity index (χ2v) is 4.67. The summed E-state index contributed by atoms with van der Waals surface area (Å²) in [7, 11) is -3.66. The van der Waals surface area contributed by atoms with Gasteiger partial charge in [-0.1, -0.05) is 18.2 Å². The summed E-state index contributed by atoms with van der Waals surface area (Å²) in [4.78, 5) is 19.6. The molecule has 1 atom stereocenters. The van der Waals surface area contributed by atoms with Crippen LogP contribution in [-0.2, 0) is 9.36 Å². The van der Waals surface area contributed by atoms with E-state index in [1.54, 1.807) is 18.2 Å². The maximum absolute atomic E-state index is 11.5. The SMILES string of the molecule is O=C(O)/C=C/P(=O)(O)c1ccccc1. The van der Waals surface area contributed by atoms with Crippen molar-refractivity contribution in [2.24, 2.45) is 0 Å². The first-order valence-electron chi connectivity index (χ1n) is 3.82. The summed E-state index contributed by atoms with van der Waals surface area (Å²) in [6.07, 6.45) is 0.674. The minimum absolute atomic E-state index is 0.220. The van der Waals surface area contributed by atoms with Gasteiger partial charge < -0.3 is 10.00 Å². The fourth-order valence-electron chi connectivity index (χ4n) is 0.892. The van der Waals surface area contributed by atoms with Crippen LogP contribution in [0, 0.1) is 0 Å². The van der Waals surface area contributed by atoms with Crippen LogP contribution in [0.1, 0.15) is 0 Å². The van der Waals surface area contributed by atoms with Gasteiger partial charge in [0.2, 0.25) is 0 Å². The Morgan fingerprint density at radius 3 is 2.36 bits per heavy atom. The highest BCUT2D eigenvalue weighted by Crippen LogP contribution is 2.40. The fraction of sp³-hybridized carbons (Fsp3) is 0. The Hall–Kier alpha value is -1.38. The van der Waals surface area contributed by atoms with Crippen molar-refractivity contribution >= 4 is 18.6 Å². The molecule has 0 radical (unpaired) electrons. The van der Waals surface area contributed by atoms with Crippen LogP contribution >= 0.6 is 7.37 Å². The highest BCUT2D eigenvalue weighted by atomic mass is 31.2. The molecule has 14 heavy (non-hydrogen) atoms. The molecule has 1 unspecified atom stereocenters. The Bertz CT molecular complexity index is 397. The van der Waals surface area contributed by atoms with Gasteiger partial charge in [-0.15, -0.1) is 0 Å². The second-order valence-electron chi connectivity index (χ2n) is 2.61. The monoisotopic (exact) mass is 212 g/mol. The lowest BCUT2D eigenvalue weighted by molar-refractivity contribution is -0.131. The first-order chi connectivity index (χ1) is 6.52. The molecule has 2 N–H and O–H groups in total. The molecule has 1 rings (SSSR count). The summed E-state index contributed by atoms with van der Waals surface area (Å²) in [5, 5.41) is 8.52. The van der Waals surface area contributed by atoms with Crippen molar-refractivity contribution in [3.8, 4) is 0 Å². The van der Waals surface area contributed by atoms with Gasteiger partial charge in [-0.3, -0.25) is 4.57 Å². The zero-order valence-electron chi connectivity index (χ0n) is 7.20.